The number of hydrogen-bond acceptors (Lipinski definition) is 6. The number of hydrogen-bond donors (Lipinski definition) is 2. The number of nitrogens with one attached hydrogen (secondary N) is 2. The van der Waals surface area contributed by atoms with Gasteiger partial charge in [0.05, 0.1) is 23.8 Å². The number of rotatable bonds is 6. The van der Waals surface area contributed by atoms with Crippen LogP contribution in [0.15, 0.2) is 0 Å². The van der Waals surface area contributed by atoms with Crippen LogP contribution in [0.25, 0.3) is 0 Å². The summed E-state index contributed by atoms with van der Waals surface area (Å²) in [7, 11) is -1.79. The molecule has 2 N–H and O–H groups in total. The summed E-state index contributed by atoms with van der Waals surface area (Å²) in [6, 6.07) is -0.383. The van der Waals surface area contributed by atoms with Gasteiger partial charge in [-0.15, -0.1) is 0 Å². The lowest BCUT2D eigenvalue weighted by Gasteiger charge is -2.47. The highest BCUT2D eigenvalue weighted by Crippen LogP contribution is 2.41. The van der Waals surface area contributed by atoms with Crippen LogP contribution in [0, 0.1) is 5.92 Å². The Balaban J connectivity index is 1.48. The zero-order valence-electron chi connectivity index (χ0n) is 17.4. The Kier molecular flexibility index (Phi) is 5.42. The zero-order valence-corrected chi connectivity index (χ0v) is 18.2. The number of imide groups is 1. The van der Waals surface area contributed by atoms with Crippen LogP contribution >= 0.6 is 0 Å². The summed E-state index contributed by atoms with van der Waals surface area (Å²) in [5.74, 6) is -0.755. The molecule has 0 bridgehead atoms. The molecule has 3 amide bonds. The summed E-state index contributed by atoms with van der Waals surface area (Å²) in [6.45, 7) is 4.17. The lowest BCUT2D eigenvalue weighted by atomic mass is 9.81. The third-order valence-electron chi connectivity index (χ3n) is 7.15. The van der Waals surface area contributed by atoms with E-state index in [4.69, 9.17) is 4.84 Å². The highest BCUT2D eigenvalue weighted by Gasteiger charge is 2.52. The lowest BCUT2D eigenvalue weighted by molar-refractivity contribution is -0.141. The van der Waals surface area contributed by atoms with Gasteiger partial charge in [-0.05, 0) is 51.9 Å². The number of amides is 3. The molecule has 0 spiro atoms. The Morgan fingerprint density at radius 1 is 1.24 bits per heavy atom. The molecule has 10 heteroatoms. The Hall–Kier alpha value is -1.23. The van der Waals surface area contributed by atoms with Gasteiger partial charge < -0.3 is 4.90 Å². The molecular weight excluding hydrogens is 396 g/mol. The van der Waals surface area contributed by atoms with Crippen LogP contribution < -0.4 is 10.2 Å². The number of urea groups is 1. The minimum Gasteiger partial charge on any atom is -0.324 e. The molecule has 2 saturated heterocycles. The smallest absolute Gasteiger partial charge is 0.324 e. The highest BCUT2D eigenvalue weighted by atomic mass is 32.2. The molecule has 9 nitrogen and oxygen atoms in total. The van der Waals surface area contributed by atoms with E-state index < -0.39 is 21.2 Å². The standard InChI is InChI=1S/C19H32N4O5S/c1-4-19(7-8-19)21-29(26,27)14-5-6-16-15(10-14)17(24)23(18(25)22(16)3)11-13-9-12(2)20-28-13/h12-16,20-21H,4-11H2,1-3H3. The van der Waals surface area contributed by atoms with E-state index in [0.29, 0.717) is 12.8 Å². The first-order valence-electron chi connectivity index (χ1n) is 10.7. The molecule has 0 aromatic carbocycles. The van der Waals surface area contributed by atoms with Gasteiger partial charge in [0.15, 0.2) is 0 Å². The first-order valence-corrected chi connectivity index (χ1v) is 12.2. The summed E-state index contributed by atoms with van der Waals surface area (Å²) >= 11 is 0. The first-order chi connectivity index (χ1) is 13.7. The van der Waals surface area contributed by atoms with Crippen LogP contribution in [0.3, 0.4) is 0 Å². The molecule has 0 aromatic heterocycles. The minimum absolute atomic E-state index is 0.170. The van der Waals surface area contributed by atoms with Crippen molar-refractivity contribution in [3.8, 4) is 0 Å². The second-order valence-electron chi connectivity index (χ2n) is 9.23. The summed E-state index contributed by atoms with van der Waals surface area (Å²) < 4.78 is 28.9. The Labute approximate surface area is 172 Å². The molecule has 2 heterocycles. The average Bonchev–Trinajstić information content (AvgIpc) is 3.33. The molecule has 2 aliphatic carbocycles. The van der Waals surface area contributed by atoms with Crippen molar-refractivity contribution in [3.63, 3.8) is 0 Å². The normalized spacial score (nSPS) is 37.0. The van der Waals surface area contributed by atoms with E-state index in [1.165, 1.54) is 4.90 Å². The first kappa shape index (κ1) is 21.0. The lowest BCUT2D eigenvalue weighted by Crippen LogP contribution is -2.64. The summed E-state index contributed by atoms with van der Waals surface area (Å²) in [5, 5.41) is -0.593. The van der Waals surface area contributed by atoms with Crippen LogP contribution in [0.4, 0.5) is 4.79 Å². The van der Waals surface area contributed by atoms with Gasteiger partial charge in [-0.3, -0.25) is 14.5 Å². The maximum Gasteiger partial charge on any atom is 0.326 e. The third-order valence-corrected chi connectivity index (χ3v) is 9.17. The number of carbonyl (C=O) groups is 2. The van der Waals surface area contributed by atoms with Crippen LogP contribution in [-0.4, -0.2) is 72.7 Å². The van der Waals surface area contributed by atoms with Gasteiger partial charge in [0.1, 0.15) is 0 Å². The fraction of sp³-hybridized carbons (Fsp3) is 0.895. The number of hydroxylamine groups is 1. The van der Waals surface area contributed by atoms with Crippen LogP contribution in [0.5, 0.6) is 0 Å². The van der Waals surface area contributed by atoms with Crippen molar-refractivity contribution < 1.29 is 22.8 Å². The third kappa shape index (κ3) is 3.92. The molecule has 4 rings (SSSR count). The van der Waals surface area contributed by atoms with Crippen molar-refractivity contribution in [2.45, 2.75) is 87.8 Å². The minimum atomic E-state index is -3.50. The van der Waals surface area contributed by atoms with E-state index in [-0.39, 0.29) is 48.6 Å². The molecular formula is C19H32N4O5S. The molecule has 164 valence electrons. The van der Waals surface area contributed by atoms with Gasteiger partial charge in [0.25, 0.3) is 0 Å². The number of carbonyl (C=O) groups excluding carboxylic acids is 2. The maximum absolute atomic E-state index is 13.2. The maximum atomic E-state index is 13.2. The quantitative estimate of drug-likeness (QED) is 0.652. The van der Waals surface area contributed by atoms with E-state index in [1.54, 1.807) is 11.9 Å². The van der Waals surface area contributed by atoms with Gasteiger partial charge in [-0.25, -0.2) is 17.9 Å². The fourth-order valence-corrected chi connectivity index (χ4v) is 7.03. The van der Waals surface area contributed by atoms with Gasteiger partial charge in [0, 0.05) is 24.7 Å². The van der Waals surface area contributed by atoms with Crippen LogP contribution in [0.2, 0.25) is 0 Å². The molecule has 4 aliphatic rings. The second-order valence-corrected chi connectivity index (χ2v) is 11.2. The van der Waals surface area contributed by atoms with Crippen LogP contribution in [-0.2, 0) is 19.7 Å². The summed E-state index contributed by atoms with van der Waals surface area (Å²) in [6.07, 6.45) is 4.25. The predicted octanol–water partition coefficient (Wildman–Crippen LogP) is 0.962. The van der Waals surface area contributed by atoms with E-state index in [0.717, 1.165) is 25.7 Å². The zero-order chi connectivity index (χ0) is 21.0. The van der Waals surface area contributed by atoms with E-state index >= 15 is 0 Å². The van der Waals surface area contributed by atoms with Crippen molar-refractivity contribution in [1.82, 2.24) is 20.0 Å². The monoisotopic (exact) mass is 428 g/mol. The van der Waals surface area contributed by atoms with Crippen LogP contribution in [0.1, 0.15) is 58.8 Å². The van der Waals surface area contributed by atoms with Gasteiger partial charge >= 0.3 is 6.03 Å². The highest BCUT2D eigenvalue weighted by molar-refractivity contribution is 7.90. The van der Waals surface area contributed by atoms with E-state index in [9.17, 15) is 18.0 Å². The number of sulfonamides is 1. The van der Waals surface area contributed by atoms with E-state index in [2.05, 4.69) is 10.2 Å². The van der Waals surface area contributed by atoms with Crippen molar-refractivity contribution in [2.75, 3.05) is 13.6 Å². The molecule has 0 aromatic rings. The number of nitrogens with zero attached hydrogens (tertiary/aromatic N) is 2. The SMILES string of the molecule is CCC1(NS(=O)(=O)C2CCC3C(C2)C(=O)N(CC2CC(C)NO2)C(=O)N3C)CC1. The Bertz CT molecular complexity index is 783. The predicted molar refractivity (Wildman–Crippen MR) is 106 cm³/mol. The van der Waals surface area contributed by atoms with Crippen molar-refractivity contribution in [1.29, 1.82) is 0 Å². The topological polar surface area (TPSA) is 108 Å². The van der Waals surface area contributed by atoms with Crippen molar-refractivity contribution in [3.05, 3.63) is 0 Å². The molecule has 5 unspecified atom stereocenters. The molecule has 0 radical (unpaired) electrons. The van der Waals surface area contributed by atoms with E-state index in [1.807, 2.05) is 13.8 Å². The number of fused-ring (bicyclic) bond motifs is 1. The second kappa shape index (κ2) is 7.47. The van der Waals surface area contributed by atoms with Crippen molar-refractivity contribution in [2.24, 2.45) is 5.92 Å². The van der Waals surface area contributed by atoms with Gasteiger partial charge in [-0.1, -0.05) is 6.92 Å². The molecule has 29 heavy (non-hydrogen) atoms. The Morgan fingerprint density at radius 2 is 1.97 bits per heavy atom. The van der Waals surface area contributed by atoms with Crippen molar-refractivity contribution >= 4 is 22.0 Å². The Morgan fingerprint density at radius 3 is 2.55 bits per heavy atom. The summed E-state index contributed by atoms with van der Waals surface area (Å²) in [4.78, 5) is 34.3. The van der Waals surface area contributed by atoms with Gasteiger partial charge in [0.2, 0.25) is 15.9 Å². The molecule has 2 saturated carbocycles. The average molecular weight is 429 g/mol. The molecule has 2 aliphatic heterocycles. The summed E-state index contributed by atoms with van der Waals surface area (Å²) in [5.41, 5.74) is 2.58. The largest absolute Gasteiger partial charge is 0.326 e. The molecule has 5 atom stereocenters. The fourth-order valence-electron chi connectivity index (χ4n) is 5.00. The van der Waals surface area contributed by atoms with Gasteiger partial charge in [-0.2, -0.15) is 5.48 Å². The molecule has 4 fully saturated rings.